The largest absolute Gasteiger partial charge is 0.356 e. The van der Waals surface area contributed by atoms with E-state index in [1.165, 1.54) is 6.26 Å². The van der Waals surface area contributed by atoms with Crippen LogP contribution in [0.4, 0.5) is 0 Å². The van der Waals surface area contributed by atoms with E-state index in [0.29, 0.717) is 26.1 Å². The maximum absolute atomic E-state index is 11.4. The van der Waals surface area contributed by atoms with Crippen molar-refractivity contribution in [2.75, 3.05) is 38.7 Å². The zero-order valence-corrected chi connectivity index (χ0v) is 11.6. The number of carbonyl (C=O) groups excluding carboxylic acids is 1. The second kappa shape index (κ2) is 7.62. The zero-order valence-electron chi connectivity index (χ0n) is 10.8. The highest BCUT2D eigenvalue weighted by Crippen LogP contribution is 2.01. The van der Waals surface area contributed by atoms with Crippen LogP contribution >= 0.6 is 0 Å². The first-order valence-electron chi connectivity index (χ1n) is 5.64. The van der Waals surface area contributed by atoms with E-state index in [1.807, 2.05) is 11.8 Å². The van der Waals surface area contributed by atoms with Crippen molar-refractivity contribution in [1.29, 1.82) is 0 Å². The highest BCUT2D eigenvalue weighted by Gasteiger charge is 2.17. The van der Waals surface area contributed by atoms with Gasteiger partial charge in [0.25, 0.3) is 0 Å². The van der Waals surface area contributed by atoms with Crippen molar-refractivity contribution < 1.29 is 13.2 Å². The Morgan fingerprint density at radius 3 is 2.47 bits per heavy atom. The highest BCUT2D eigenvalue weighted by molar-refractivity contribution is 7.90. The number of nitrogens with two attached hydrogens (primary N) is 1. The third-order valence-electron chi connectivity index (χ3n) is 2.51. The van der Waals surface area contributed by atoms with Crippen molar-refractivity contribution in [3.05, 3.63) is 0 Å². The van der Waals surface area contributed by atoms with E-state index in [9.17, 15) is 13.2 Å². The third kappa shape index (κ3) is 8.12. The lowest BCUT2D eigenvalue weighted by atomic mass is 10.1. The highest BCUT2D eigenvalue weighted by atomic mass is 32.2. The molecule has 0 aliphatic carbocycles. The monoisotopic (exact) mass is 265 g/mol. The van der Waals surface area contributed by atoms with Gasteiger partial charge in [-0.2, -0.15) is 0 Å². The molecule has 0 heterocycles. The number of hydrogen-bond acceptors (Lipinski definition) is 5. The quantitative estimate of drug-likeness (QED) is 0.576. The summed E-state index contributed by atoms with van der Waals surface area (Å²) in [5.74, 6) is 0.0178. The minimum atomic E-state index is -2.98. The van der Waals surface area contributed by atoms with Gasteiger partial charge in [-0.25, -0.2) is 8.42 Å². The van der Waals surface area contributed by atoms with E-state index in [-0.39, 0.29) is 17.7 Å². The van der Waals surface area contributed by atoms with Gasteiger partial charge in [0.05, 0.1) is 5.75 Å². The minimum absolute atomic E-state index is 0.0610. The smallest absolute Gasteiger partial charge is 0.221 e. The summed E-state index contributed by atoms with van der Waals surface area (Å²) < 4.78 is 22.1. The van der Waals surface area contributed by atoms with Crippen LogP contribution in [0.1, 0.15) is 13.3 Å². The number of carbonyl (C=O) groups is 1. The van der Waals surface area contributed by atoms with Crippen molar-refractivity contribution >= 4 is 15.7 Å². The molecular formula is C10H23N3O3S. The lowest BCUT2D eigenvalue weighted by Gasteiger charge is -2.26. The Morgan fingerprint density at radius 1 is 1.47 bits per heavy atom. The summed E-state index contributed by atoms with van der Waals surface area (Å²) in [6.07, 6.45) is 1.49. The second-order valence-corrected chi connectivity index (χ2v) is 6.42. The van der Waals surface area contributed by atoms with E-state index in [2.05, 4.69) is 5.32 Å². The van der Waals surface area contributed by atoms with E-state index >= 15 is 0 Å². The Balaban J connectivity index is 4.21. The molecule has 0 rings (SSSR count). The summed E-state index contributed by atoms with van der Waals surface area (Å²) >= 11 is 0. The fourth-order valence-corrected chi connectivity index (χ4v) is 2.01. The Morgan fingerprint density at radius 2 is 2.06 bits per heavy atom. The van der Waals surface area contributed by atoms with E-state index in [4.69, 9.17) is 5.73 Å². The molecule has 0 radical (unpaired) electrons. The Kier molecular flexibility index (Phi) is 7.33. The molecule has 0 aromatic carbocycles. The van der Waals surface area contributed by atoms with Gasteiger partial charge in [-0.1, -0.05) is 0 Å². The average molecular weight is 265 g/mol. The van der Waals surface area contributed by atoms with Gasteiger partial charge in [-0.05, 0) is 14.0 Å². The summed E-state index contributed by atoms with van der Waals surface area (Å²) in [5.41, 5.74) is 5.59. The molecule has 102 valence electrons. The minimum Gasteiger partial charge on any atom is -0.356 e. The molecule has 6 nitrogen and oxygen atoms in total. The summed E-state index contributed by atoms with van der Waals surface area (Å²) in [4.78, 5) is 13.2. The van der Waals surface area contributed by atoms with Crippen LogP contribution in [0.5, 0.6) is 0 Å². The van der Waals surface area contributed by atoms with E-state index in [0.717, 1.165) is 0 Å². The number of nitrogens with zero attached hydrogens (tertiary/aromatic N) is 1. The average Bonchev–Trinajstić information content (AvgIpc) is 2.22. The number of nitrogens with one attached hydrogen (secondary N) is 1. The first-order chi connectivity index (χ1) is 7.80. The molecule has 1 atom stereocenters. The predicted molar refractivity (Wildman–Crippen MR) is 68.5 cm³/mol. The summed E-state index contributed by atoms with van der Waals surface area (Å²) in [5, 5.41) is 2.70. The van der Waals surface area contributed by atoms with Crippen LogP contribution in [0.2, 0.25) is 0 Å². The lowest BCUT2D eigenvalue weighted by Crippen LogP contribution is -2.43. The van der Waals surface area contributed by atoms with E-state index < -0.39 is 9.84 Å². The van der Waals surface area contributed by atoms with Crippen LogP contribution in [0.25, 0.3) is 0 Å². The Hall–Kier alpha value is -0.660. The van der Waals surface area contributed by atoms with Gasteiger partial charge in [0.15, 0.2) is 0 Å². The summed E-state index contributed by atoms with van der Waals surface area (Å²) in [6.45, 7) is 3.16. The molecule has 0 saturated carbocycles. The Labute approximate surface area is 103 Å². The topological polar surface area (TPSA) is 92.5 Å². The first kappa shape index (κ1) is 16.3. The maximum atomic E-state index is 11.4. The standard InChI is InChI=1S/C10H23N3O3S/c1-4-12-10(14)7-9(8-11)13(2)5-6-17(3,15)16/h9H,4-8,11H2,1-3H3,(H,12,14). The van der Waals surface area contributed by atoms with Gasteiger partial charge in [-0.15, -0.1) is 0 Å². The van der Waals surface area contributed by atoms with Crippen LogP contribution in [-0.2, 0) is 14.6 Å². The van der Waals surface area contributed by atoms with Gasteiger partial charge < -0.3 is 16.0 Å². The zero-order chi connectivity index (χ0) is 13.5. The SMILES string of the molecule is CCNC(=O)CC(CN)N(C)CCS(C)(=O)=O. The lowest BCUT2D eigenvalue weighted by molar-refractivity contribution is -0.122. The van der Waals surface area contributed by atoms with Gasteiger partial charge in [-0.3, -0.25) is 4.79 Å². The summed E-state index contributed by atoms with van der Waals surface area (Å²) in [7, 11) is -1.20. The fraction of sp³-hybridized carbons (Fsp3) is 0.900. The molecule has 3 N–H and O–H groups in total. The summed E-state index contributed by atoms with van der Waals surface area (Å²) in [6, 6.07) is -0.122. The molecule has 0 bridgehead atoms. The van der Waals surface area contributed by atoms with Gasteiger partial charge in [0, 0.05) is 38.4 Å². The fourth-order valence-electron chi connectivity index (χ4n) is 1.39. The molecule has 0 aliphatic heterocycles. The van der Waals surface area contributed by atoms with Gasteiger partial charge in [0.1, 0.15) is 9.84 Å². The molecule has 7 heteroatoms. The molecule has 0 aromatic heterocycles. The molecular weight excluding hydrogens is 242 g/mol. The van der Waals surface area contributed by atoms with Crippen LogP contribution < -0.4 is 11.1 Å². The predicted octanol–water partition coefficient (Wildman–Crippen LogP) is -1.18. The van der Waals surface area contributed by atoms with Crippen LogP contribution in [0.15, 0.2) is 0 Å². The van der Waals surface area contributed by atoms with Gasteiger partial charge in [0.2, 0.25) is 5.91 Å². The molecule has 0 saturated heterocycles. The molecule has 0 aromatic rings. The third-order valence-corrected chi connectivity index (χ3v) is 3.43. The molecule has 0 spiro atoms. The number of hydrogen-bond donors (Lipinski definition) is 2. The van der Waals surface area contributed by atoms with Crippen molar-refractivity contribution in [3.63, 3.8) is 0 Å². The Bertz CT molecular complexity index is 330. The van der Waals surface area contributed by atoms with E-state index in [1.54, 1.807) is 7.05 Å². The molecule has 17 heavy (non-hydrogen) atoms. The number of sulfone groups is 1. The molecule has 1 unspecified atom stereocenters. The second-order valence-electron chi connectivity index (χ2n) is 4.16. The maximum Gasteiger partial charge on any atom is 0.221 e. The number of amides is 1. The van der Waals surface area contributed by atoms with Crippen molar-refractivity contribution in [2.24, 2.45) is 5.73 Å². The van der Waals surface area contributed by atoms with Crippen molar-refractivity contribution in [2.45, 2.75) is 19.4 Å². The van der Waals surface area contributed by atoms with Crippen molar-refractivity contribution in [1.82, 2.24) is 10.2 Å². The van der Waals surface area contributed by atoms with Crippen molar-refractivity contribution in [3.8, 4) is 0 Å². The normalized spacial score (nSPS) is 13.7. The van der Waals surface area contributed by atoms with Crippen LogP contribution in [0, 0.1) is 0 Å². The molecule has 0 fully saturated rings. The molecule has 0 aliphatic rings. The number of rotatable bonds is 8. The first-order valence-corrected chi connectivity index (χ1v) is 7.71. The number of likely N-dealkylation sites (N-methyl/N-ethyl adjacent to an activating group) is 1. The molecule has 1 amide bonds. The van der Waals surface area contributed by atoms with Crippen LogP contribution in [0.3, 0.4) is 0 Å². The van der Waals surface area contributed by atoms with Crippen LogP contribution in [-0.4, -0.2) is 64.0 Å². The van der Waals surface area contributed by atoms with Gasteiger partial charge >= 0.3 is 0 Å².